The third-order valence-corrected chi connectivity index (χ3v) is 9.48. The van der Waals surface area contributed by atoms with Crippen molar-refractivity contribution in [1.82, 2.24) is 20.4 Å². The van der Waals surface area contributed by atoms with Crippen LogP contribution in [-0.2, 0) is 16.8 Å². The normalized spacial score (nSPS) is 17.9. The van der Waals surface area contributed by atoms with Crippen molar-refractivity contribution in [1.29, 1.82) is 0 Å². The lowest BCUT2D eigenvalue weighted by Gasteiger charge is -2.48. The second-order valence-electron chi connectivity index (χ2n) is 13.7. The Morgan fingerprint density at radius 1 is 0.925 bits per heavy atom. The fourth-order valence-corrected chi connectivity index (χ4v) is 7.10. The lowest BCUT2D eigenvalue weighted by Crippen LogP contribution is -2.71. The van der Waals surface area contributed by atoms with Crippen LogP contribution in [0.15, 0.2) is 60.7 Å². The van der Waals surface area contributed by atoms with Gasteiger partial charge in [-0.25, -0.2) is 13.6 Å². The van der Waals surface area contributed by atoms with Gasteiger partial charge in [-0.15, -0.1) is 0 Å². The van der Waals surface area contributed by atoms with Crippen LogP contribution in [0.25, 0.3) is 0 Å². The van der Waals surface area contributed by atoms with Crippen molar-refractivity contribution in [2.75, 3.05) is 26.4 Å². The van der Waals surface area contributed by atoms with Gasteiger partial charge >= 0.3 is 6.09 Å². The number of ether oxygens (including phenoxy) is 1. The van der Waals surface area contributed by atoms with Crippen molar-refractivity contribution in [3.05, 3.63) is 106 Å². The second-order valence-corrected chi connectivity index (χ2v) is 13.7. The second kappa shape index (κ2) is 18.8. The highest BCUT2D eigenvalue weighted by Crippen LogP contribution is 2.46. The van der Waals surface area contributed by atoms with E-state index >= 15 is 0 Å². The molecule has 1 unspecified atom stereocenters. The van der Waals surface area contributed by atoms with E-state index in [4.69, 9.17) is 10.5 Å². The maximum atomic E-state index is 14.7. The summed E-state index contributed by atoms with van der Waals surface area (Å²) < 4.78 is 35.1. The molecule has 1 fully saturated rings. The van der Waals surface area contributed by atoms with E-state index in [0.29, 0.717) is 37.2 Å². The molecule has 4 N–H and O–H groups in total. The number of benzene rings is 3. The predicted octanol–water partition coefficient (Wildman–Crippen LogP) is 7.36. The van der Waals surface area contributed by atoms with Gasteiger partial charge in [-0.3, -0.25) is 19.8 Å². The highest BCUT2D eigenvalue weighted by Gasteiger charge is 2.61. The van der Waals surface area contributed by atoms with Crippen LogP contribution in [0.5, 0.6) is 0 Å². The van der Waals surface area contributed by atoms with Gasteiger partial charge in [-0.1, -0.05) is 58.1 Å². The molecular formula is C42H53F2N5O4. The van der Waals surface area contributed by atoms with E-state index in [-0.39, 0.29) is 43.2 Å². The van der Waals surface area contributed by atoms with E-state index in [1.54, 1.807) is 24.0 Å². The highest BCUT2D eigenvalue weighted by atomic mass is 19.1. The molecule has 0 saturated carbocycles. The Morgan fingerprint density at radius 2 is 1.62 bits per heavy atom. The number of carbonyl (C=O) groups is 3. The monoisotopic (exact) mass is 729 g/mol. The number of hydrogen-bond acceptors (Lipinski definition) is 6. The summed E-state index contributed by atoms with van der Waals surface area (Å²) in [6, 6.07) is 15.7. The van der Waals surface area contributed by atoms with Crippen LogP contribution < -0.4 is 16.4 Å². The molecule has 4 rings (SSSR count). The summed E-state index contributed by atoms with van der Waals surface area (Å²) in [7, 11) is 0. The van der Waals surface area contributed by atoms with Crippen LogP contribution in [0.4, 0.5) is 13.6 Å². The number of unbranched alkanes of at least 4 members (excludes halogenated alkanes) is 1. The number of amides is 3. The van der Waals surface area contributed by atoms with Crippen molar-refractivity contribution >= 4 is 17.9 Å². The van der Waals surface area contributed by atoms with E-state index in [9.17, 15) is 23.2 Å². The van der Waals surface area contributed by atoms with Gasteiger partial charge < -0.3 is 20.7 Å². The van der Waals surface area contributed by atoms with Crippen molar-refractivity contribution < 1.29 is 27.9 Å². The minimum atomic E-state index is -1.66. The molecule has 0 aliphatic carbocycles. The van der Waals surface area contributed by atoms with Crippen LogP contribution in [-0.4, -0.2) is 59.7 Å². The van der Waals surface area contributed by atoms with Gasteiger partial charge in [0.25, 0.3) is 11.8 Å². The summed E-state index contributed by atoms with van der Waals surface area (Å²) in [6.07, 6.45) is 3.26. The first-order valence-corrected chi connectivity index (χ1v) is 18.6. The van der Waals surface area contributed by atoms with Crippen molar-refractivity contribution in [3.8, 4) is 11.8 Å². The molecule has 3 aromatic rings. The van der Waals surface area contributed by atoms with Gasteiger partial charge in [0.1, 0.15) is 24.0 Å². The maximum Gasteiger partial charge on any atom is 0.413 e. The molecule has 0 radical (unpaired) electrons. The first-order chi connectivity index (χ1) is 25.4. The molecule has 53 heavy (non-hydrogen) atoms. The molecule has 284 valence electrons. The Bertz CT molecular complexity index is 1800. The van der Waals surface area contributed by atoms with E-state index in [1.807, 2.05) is 45.0 Å². The van der Waals surface area contributed by atoms with Gasteiger partial charge in [0.15, 0.2) is 0 Å². The number of nitrogens with one attached hydrogen (secondary N) is 2. The number of halogens is 2. The summed E-state index contributed by atoms with van der Waals surface area (Å²) in [6.45, 7) is 11.2. The smallest absolute Gasteiger partial charge is 0.413 e. The molecular weight excluding hydrogens is 676 g/mol. The first kappa shape index (κ1) is 41.0. The Hall–Kier alpha value is -4.79. The summed E-state index contributed by atoms with van der Waals surface area (Å²) in [5.74, 6) is 3.84. The number of nitrogens with zero attached hydrogens (tertiary/aromatic N) is 2. The number of nitrogens with two attached hydrogens (primary N) is 1. The third kappa shape index (κ3) is 9.80. The predicted molar refractivity (Wildman–Crippen MR) is 203 cm³/mol. The number of aryl methyl sites for hydroxylation is 1. The molecule has 1 aliphatic heterocycles. The van der Waals surface area contributed by atoms with Crippen LogP contribution in [0.2, 0.25) is 0 Å². The number of rotatable bonds is 15. The zero-order chi connectivity index (χ0) is 38.6. The molecule has 3 amide bonds. The zero-order valence-corrected chi connectivity index (χ0v) is 31.6. The summed E-state index contributed by atoms with van der Waals surface area (Å²) >= 11 is 0. The molecule has 1 aliphatic rings. The fraction of sp³-hybridized carbons (Fsp3) is 0.452. The lowest BCUT2D eigenvalue weighted by atomic mass is 9.76. The summed E-state index contributed by atoms with van der Waals surface area (Å²) in [5.41, 5.74) is 7.06. The van der Waals surface area contributed by atoms with Crippen molar-refractivity contribution in [2.24, 2.45) is 5.73 Å². The van der Waals surface area contributed by atoms with Crippen LogP contribution in [0, 0.1) is 30.4 Å². The molecule has 1 heterocycles. The molecule has 1 saturated heterocycles. The van der Waals surface area contributed by atoms with Gasteiger partial charge in [-0.2, -0.15) is 0 Å². The summed E-state index contributed by atoms with van der Waals surface area (Å²) in [4.78, 5) is 45.0. The minimum Gasteiger partial charge on any atom is -0.433 e. The summed E-state index contributed by atoms with van der Waals surface area (Å²) in [5, 5.41) is 6.17. The van der Waals surface area contributed by atoms with Crippen molar-refractivity contribution in [2.45, 2.75) is 97.3 Å². The topological polar surface area (TPSA) is 117 Å². The molecule has 3 aromatic carbocycles. The Labute approximate surface area is 312 Å². The molecule has 2 atom stereocenters. The average molecular weight is 730 g/mol. The van der Waals surface area contributed by atoms with E-state index in [2.05, 4.69) is 29.4 Å². The SMILES string of the molecule is CCCC#Cc1cccc(CNCOC(=O)N2CC[C@@](N)(c3cc(F)cc(F)c3)C2(CCC)NC(=O)c2cc(C)cc(C(=O)N(CCC)CCC)c2)c1. The molecule has 9 nitrogen and oxygen atoms in total. The zero-order valence-electron chi connectivity index (χ0n) is 31.6. The van der Waals surface area contributed by atoms with Gasteiger partial charge in [0, 0.05) is 55.4 Å². The molecule has 0 bridgehead atoms. The third-order valence-electron chi connectivity index (χ3n) is 9.48. The largest absolute Gasteiger partial charge is 0.433 e. The number of hydrogen-bond donors (Lipinski definition) is 3. The van der Waals surface area contributed by atoms with Gasteiger partial charge in [0.05, 0.1) is 5.54 Å². The first-order valence-electron chi connectivity index (χ1n) is 18.6. The van der Waals surface area contributed by atoms with E-state index in [1.165, 1.54) is 11.0 Å². The lowest BCUT2D eigenvalue weighted by molar-refractivity contribution is 0.0184. The fourth-order valence-electron chi connectivity index (χ4n) is 7.10. The van der Waals surface area contributed by atoms with Gasteiger partial charge in [-0.05, 0) is 98.2 Å². The minimum absolute atomic E-state index is 0.0345. The highest BCUT2D eigenvalue weighted by molar-refractivity contribution is 6.00. The average Bonchev–Trinajstić information content (AvgIpc) is 3.41. The number of carbonyl (C=O) groups excluding carboxylic acids is 3. The van der Waals surface area contributed by atoms with E-state index < -0.39 is 34.8 Å². The van der Waals surface area contributed by atoms with Crippen molar-refractivity contribution in [3.63, 3.8) is 0 Å². The quantitative estimate of drug-likeness (QED) is 0.0856. The van der Waals surface area contributed by atoms with Crippen LogP contribution in [0.1, 0.15) is 116 Å². The maximum absolute atomic E-state index is 14.7. The Morgan fingerprint density at radius 3 is 2.28 bits per heavy atom. The number of likely N-dealkylation sites (tertiary alicyclic amines) is 1. The van der Waals surface area contributed by atoms with Crippen LogP contribution in [0.3, 0.4) is 0 Å². The van der Waals surface area contributed by atoms with Crippen LogP contribution >= 0.6 is 0 Å². The Kier molecular flexibility index (Phi) is 14.5. The standard InChI is InChI=1S/C42H53F2N5O4/c1-6-10-11-13-31-14-12-15-32(23-31)28-46-29-53-40(52)49-20-17-41(45,35-25-36(43)27-37(44)26-35)42(49,16-7-2)47-38(50)33-21-30(5)22-34(24-33)39(51)48(18-8-3)19-9-4/h12,14-15,21-27,46H,6-10,16-20,28-29,45H2,1-5H3,(H,47,50)/t41-,42?/m1/s1. The molecule has 11 heteroatoms. The molecule has 0 spiro atoms. The Balaban J connectivity index is 1.65. The van der Waals surface area contributed by atoms with E-state index in [0.717, 1.165) is 55.0 Å². The van der Waals surface area contributed by atoms with Gasteiger partial charge in [0.2, 0.25) is 0 Å². The molecule has 0 aromatic heterocycles.